The van der Waals surface area contributed by atoms with E-state index in [1.807, 2.05) is 0 Å². The number of sulfonamides is 1. The first kappa shape index (κ1) is 19.1. The van der Waals surface area contributed by atoms with Gasteiger partial charge in [0.25, 0.3) is 5.69 Å². The minimum atomic E-state index is -4.03. The molecule has 1 saturated heterocycles. The molecule has 3 rings (SSSR count). The van der Waals surface area contributed by atoms with Crippen LogP contribution in [0, 0.1) is 10.1 Å². The molecule has 0 unspecified atom stereocenters. The Morgan fingerprint density at radius 2 is 1.81 bits per heavy atom. The lowest BCUT2D eigenvalue weighted by Gasteiger charge is -2.25. The van der Waals surface area contributed by atoms with Crippen LogP contribution >= 0.6 is 0 Å². The number of para-hydroxylation sites is 1. The maximum absolute atomic E-state index is 13.2. The smallest absolute Gasteiger partial charge is 0.289 e. The fourth-order valence-corrected chi connectivity index (χ4v) is 5.22. The monoisotopic (exact) mass is 392 g/mol. The topological polar surface area (TPSA) is 99.0 Å². The van der Waals surface area contributed by atoms with Gasteiger partial charge in [0.05, 0.1) is 25.2 Å². The molecule has 0 spiro atoms. The Morgan fingerprint density at radius 3 is 2.48 bits per heavy atom. The van der Waals surface area contributed by atoms with E-state index in [9.17, 15) is 18.5 Å². The third kappa shape index (κ3) is 3.47. The molecule has 2 aromatic rings. The van der Waals surface area contributed by atoms with Crippen LogP contribution in [-0.2, 0) is 10.0 Å². The second-order valence-electron chi connectivity index (χ2n) is 6.11. The van der Waals surface area contributed by atoms with Crippen LogP contribution in [0.4, 0.5) is 5.69 Å². The highest BCUT2D eigenvalue weighted by Gasteiger charge is 2.39. The van der Waals surface area contributed by atoms with Crippen LogP contribution in [0.3, 0.4) is 0 Å². The summed E-state index contributed by atoms with van der Waals surface area (Å²) in [6, 6.07) is 10.3. The predicted octanol–water partition coefficient (Wildman–Crippen LogP) is 3.14. The summed E-state index contributed by atoms with van der Waals surface area (Å²) in [7, 11) is -0.989. The van der Waals surface area contributed by atoms with Crippen molar-refractivity contribution < 1.29 is 22.8 Å². The van der Waals surface area contributed by atoms with Gasteiger partial charge in [0, 0.05) is 12.6 Å². The summed E-state index contributed by atoms with van der Waals surface area (Å²) < 4.78 is 38.2. The molecule has 144 valence electrons. The van der Waals surface area contributed by atoms with Crippen molar-refractivity contribution in [1.82, 2.24) is 4.31 Å². The minimum absolute atomic E-state index is 0.289. The van der Waals surface area contributed by atoms with E-state index in [1.54, 1.807) is 18.2 Å². The van der Waals surface area contributed by atoms with Crippen molar-refractivity contribution in [2.24, 2.45) is 0 Å². The Bertz CT molecular complexity index is 960. The molecule has 0 N–H and O–H groups in total. The Morgan fingerprint density at radius 1 is 1.11 bits per heavy atom. The molecule has 0 aliphatic carbocycles. The molecule has 27 heavy (non-hydrogen) atoms. The molecule has 9 heteroatoms. The van der Waals surface area contributed by atoms with Crippen LogP contribution in [0.25, 0.3) is 0 Å². The van der Waals surface area contributed by atoms with E-state index in [1.165, 1.54) is 42.8 Å². The standard InChI is InChI=1S/C18H20N2O6S/c1-25-16-10-9-13(12-17(16)26-2)14-7-5-11-19(14)27(23,24)18-8-4-3-6-15(18)20(21)22/h3-4,6,8-10,12,14H,5,7,11H2,1-2H3/t14-/m1/s1. The van der Waals surface area contributed by atoms with Crippen molar-refractivity contribution >= 4 is 15.7 Å². The summed E-state index contributed by atoms with van der Waals surface area (Å²) in [4.78, 5) is 10.3. The van der Waals surface area contributed by atoms with E-state index >= 15 is 0 Å². The van der Waals surface area contributed by atoms with Crippen molar-refractivity contribution in [3.63, 3.8) is 0 Å². The average molecular weight is 392 g/mol. The highest BCUT2D eigenvalue weighted by atomic mass is 32.2. The van der Waals surface area contributed by atoms with Crippen molar-refractivity contribution in [2.45, 2.75) is 23.8 Å². The number of hydrogen-bond donors (Lipinski definition) is 0. The first-order valence-corrected chi connectivity index (χ1v) is 9.81. The Labute approximate surface area is 157 Å². The molecule has 1 atom stereocenters. The van der Waals surface area contributed by atoms with Gasteiger partial charge in [-0.25, -0.2) is 8.42 Å². The number of rotatable bonds is 6. The summed E-state index contributed by atoms with van der Waals surface area (Å²) in [5.41, 5.74) is 0.336. The maximum Gasteiger partial charge on any atom is 0.289 e. The van der Waals surface area contributed by atoms with Crippen LogP contribution < -0.4 is 9.47 Å². The van der Waals surface area contributed by atoms with Gasteiger partial charge in [-0.1, -0.05) is 18.2 Å². The molecule has 1 heterocycles. The molecule has 0 radical (unpaired) electrons. The number of nitro groups is 1. The van der Waals surface area contributed by atoms with E-state index in [2.05, 4.69) is 0 Å². The van der Waals surface area contributed by atoms with E-state index in [0.29, 0.717) is 30.9 Å². The number of hydrogen-bond acceptors (Lipinski definition) is 6. The van der Waals surface area contributed by atoms with Crippen molar-refractivity contribution in [1.29, 1.82) is 0 Å². The number of benzene rings is 2. The van der Waals surface area contributed by atoms with Crippen molar-refractivity contribution in [3.05, 3.63) is 58.1 Å². The molecule has 8 nitrogen and oxygen atoms in total. The van der Waals surface area contributed by atoms with Gasteiger partial charge >= 0.3 is 0 Å². The zero-order valence-corrected chi connectivity index (χ0v) is 15.8. The maximum atomic E-state index is 13.2. The summed E-state index contributed by atoms with van der Waals surface area (Å²) in [5, 5.41) is 11.3. The van der Waals surface area contributed by atoms with Gasteiger partial charge in [-0.2, -0.15) is 4.31 Å². The third-order valence-corrected chi connectivity index (χ3v) is 6.60. The van der Waals surface area contributed by atoms with Crippen LogP contribution in [-0.4, -0.2) is 38.4 Å². The molecule has 0 aromatic heterocycles. The average Bonchev–Trinajstić information content (AvgIpc) is 3.18. The van der Waals surface area contributed by atoms with Gasteiger partial charge in [-0.05, 0) is 36.6 Å². The molecular formula is C18H20N2O6S. The van der Waals surface area contributed by atoms with Crippen LogP contribution in [0.15, 0.2) is 47.4 Å². The quantitative estimate of drug-likeness (QED) is 0.553. The number of ether oxygens (including phenoxy) is 2. The largest absolute Gasteiger partial charge is 0.493 e. The SMILES string of the molecule is COc1ccc([C@H]2CCCN2S(=O)(=O)c2ccccc2[N+](=O)[O-])cc1OC. The molecule has 1 aliphatic heterocycles. The van der Waals surface area contributed by atoms with Gasteiger partial charge < -0.3 is 9.47 Å². The second-order valence-corrected chi connectivity index (χ2v) is 7.97. The lowest BCUT2D eigenvalue weighted by Crippen LogP contribution is -2.31. The Balaban J connectivity index is 2.03. The van der Waals surface area contributed by atoms with Gasteiger partial charge in [0.2, 0.25) is 10.0 Å². The van der Waals surface area contributed by atoms with E-state index in [4.69, 9.17) is 9.47 Å². The molecule has 0 saturated carbocycles. The Kier molecular flexibility index (Phi) is 5.33. The highest BCUT2D eigenvalue weighted by Crippen LogP contribution is 2.40. The molecule has 2 aromatic carbocycles. The molecular weight excluding hydrogens is 372 g/mol. The van der Waals surface area contributed by atoms with Gasteiger partial charge in [0.1, 0.15) is 0 Å². The molecule has 1 aliphatic rings. The van der Waals surface area contributed by atoms with Gasteiger partial charge in [-0.3, -0.25) is 10.1 Å². The van der Waals surface area contributed by atoms with Gasteiger partial charge in [0.15, 0.2) is 16.4 Å². The first-order chi connectivity index (χ1) is 12.9. The fourth-order valence-electron chi connectivity index (χ4n) is 3.37. The molecule has 0 bridgehead atoms. The fraction of sp³-hybridized carbons (Fsp3) is 0.333. The summed E-state index contributed by atoms with van der Waals surface area (Å²) >= 11 is 0. The molecule has 1 fully saturated rings. The van der Waals surface area contributed by atoms with E-state index < -0.39 is 26.7 Å². The van der Waals surface area contributed by atoms with Crippen molar-refractivity contribution in [2.75, 3.05) is 20.8 Å². The summed E-state index contributed by atoms with van der Waals surface area (Å²) in [5.74, 6) is 1.05. The third-order valence-electron chi connectivity index (χ3n) is 4.64. The lowest BCUT2D eigenvalue weighted by atomic mass is 10.0. The molecule has 0 amide bonds. The summed E-state index contributed by atoms with van der Waals surface area (Å²) in [6.07, 6.45) is 1.29. The number of nitrogens with zero attached hydrogens (tertiary/aromatic N) is 2. The normalized spacial score (nSPS) is 17.6. The van der Waals surface area contributed by atoms with Gasteiger partial charge in [-0.15, -0.1) is 0 Å². The zero-order chi connectivity index (χ0) is 19.6. The second kappa shape index (κ2) is 7.53. The van der Waals surface area contributed by atoms with E-state index in [-0.39, 0.29) is 4.90 Å². The van der Waals surface area contributed by atoms with Crippen molar-refractivity contribution in [3.8, 4) is 11.5 Å². The summed E-state index contributed by atoms with van der Waals surface area (Å²) in [6.45, 7) is 0.299. The van der Waals surface area contributed by atoms with Crippen LogP contribution in [0.5, 0.6) is 11.5 Å². The highest BCUT2D eigenvalue weighted by molar-refractivity contribution is 7.89. The first-order valence-electron chi connectivity index (χ1n) is 8.37. The number of nitro benzene ring substituents is 1. The predicted molar refractivity (Wildman–Crippen MR) is 98.5 cm³/mol. The Hall–Kier alpha value is -2.65. The van der Waals surface area contributed by atoms with Crippen LogP contribution in [0.1, 0.15) is 24.4 Å². The lowest BCUT2D eigenvalue weighted by molar-refractivity contribution is -0.387. The van der Waals surface area contributed by atoms with E-state index in [0.717, 1.165) is 5.56 Å². The minimum Gasteiger partial charge on any atom is -0.493 e. The zero-order valence-electron chi connectivity index (χ0n) is 15.0. The number of methoxy groups -OCH3 is 2. The van der Waals surface area contributed by atoms with Crippen LogP contribution in [0.2, 0.25) is 0 Å².